The van der Waals surface area contributed by atoms with Crippen molar-refractivity contribution in [2.75, 3.05) is 6.54 Å². The quantitative estimate of drug-likeness (QED) is 0.820. The number of benzene rings is 1. The molecule has 0 unspecified atom stereocenters. The van der Waals surface area contributed by atoms with Crippen molar-refractivity contribution in [1.29, 1.82) is 0 Å². The Kier molecular flexibility index (Phi) is 3.90. The van der Waals surface area contributed by atoms with E-state index in [4.69, 9.17) is 0 Å². The van der Waals surface area contributed by atoms with Crippen LogP contribution in [0.5, 0.6) is 0 Å². The van der Waals surface area contributed by atoms with Crippen molar-refractivity contribution in [3.05, 3.63) is 35.4 Å². The number of hydrogen-bond acceptors (Lipinski definition) is 1. The molecule has 2 aliphatic rings. The van der Waals surface area contributed by atoms with Crippen molar-refractivity contribution in [3.8, 4) is 0 Å². The molecule has 116 valence electrons. The fraction of sp³-hybridized carbons (Fsp3) is 0.700. The summed E-state index contributed by atoms with van der Waals surface area (Å²) >= 11 is 0. The molecule has 2 aliphatic carbocycles. The van der Waals surface area contributed by atoms with E-state index in [2.05, 4.69) is 57.3 Å². The average molecular weight is 285 g/mol. The number of hydrogen-bond donors (Lipinski definition) is 1. The molecule has 1 nitrogen and oxygen atoms in total. The summed E-state index contributed by atoms with van der Waals surface area (Å²) in [5.41, 5.74) is 3.68. The lowest BCUT2D eigenvalue weighted by Crippen LogP contribution is -2.49. The van der Waals surface area contributed by atoms with E-state index in [0.717, 1.165) is 12.0 Å². The van der Waals surface area contributed by atoms with E-state index in [0.29, 0.717) is 5.41 Å². The van der Waals surface area contributed by atoms with Gasteiger partial charge in [0, 0.05) is 18.0 Å². The minimum Gasteiger partial charge on any atom is -0.313 e. The summed E-state index contributed by atoms with van der Waals surface area (Å²) in [6, 6.07) is 10.3. The lowest BCUT2D eigenvalue weighted by atomic mass is 9.57. The van der Waals surface area contributed by atoms with Crippen LogP contribution < -0.4 is 5.32 Å². The summed E-state index contributed by atoms with van der Waals surface area (Å²) in [7, 11) is 0. The Morgan fingerprint density at radius 1 is 1.10 bits per heavy atom. The maximum Gasteiger partial charge on any atom is 0.00831 e. The molecule has 0 spiro atoms. The third-order valence-corrected chi connectivity index (χ3v) is 5.61. The van der Waals surface area contributed by atoms with Gasteiger partial charge in [-0.05, 0) is 48.1 Å². The topological polar surface area (TPSA) is 12.0 Å². The molecule has 0 atom stereocenters. The smallest absolute Gasteiger partial charge is 0.00831 e. The standard InChI is InChI=1S/C20H31N/c1-5-15-12-20(13-15,14-21-18-10-11-18)17-8-6-16(7-9-17)19(2,3)4/h6-9,15,18,21H,5,10-14H2,1-4H3. The molecular weight excluding hydrogens is 254 g/mol. The first-order valence-electron chi connectivity index (χ1n) is 8.77. The van der Waals surface area contributed by atoms with Gasteiger partial charge >= 0.3 is 0 Å². The summed E-state index contributed by atoms with van der Waals surface area (Å²) in [6.45, 7) is 10.4. The van der Waals surface area contributed by atoms with Gasteiger partial charge in [-0.1, -0.05) is 58.4 Å². The highest BCUT2D eigenvalue weighted by molar-refractivity contribution is 5.35. The van der Waals surface area contributed by atoms with Gasteiger partial charge in [-0.3, -0.25) is 0 Å². The first-order chi connectivity index (χ1) is 9.93. The van der Waals surface area contributed by atoms with Crippen molar-refractivity contribution in [1.82, 2.24) is 5.32 Å². The zero-order valence-electron chi connectivity index (χ0n) is 14.2. The Bertz CT molecular complexity index is 470. The minimum absolute atomic E-state index is 0.253. The van der Waals surface area contributed by atoms with Gasteiger partial charge in [0.2, 0.25) is 0 Å². The normalized spacial score (nSPS) is 29.2. The maximum atomic E-state index is 3.79. The van der Waals surface area contributed by atoms with Gasteiger partial charge in [0.15, 0.2) is 0 Å². The zero-order valence-corrected chi connectivity index (χ0v) is 14.2. The highest BCUT2D eigenvalue weighted by Gasteiger charge is 2.45. The minimum atomic E-state index is 0.253. The van der Waals surface area contributed by atoms with Crippen molar-refractivity contribution < 1.29 is 0 Å². The van der Waals surface area contributed by atoms with Crippen LogP contribution in [-0.2, 0) is 10.8 Å². The predicted octanol–water partition coefficient (Wildman–Crippen LogP) is 4.79. The second-order valence-electron chi connectivity index (χ2n) is 8.45. The Morgan fingerprint density at radius 2 is 1.71 bits per heavy atom. The van der Waals surface area contributed by atoms with Gasteiger partial charge in [0.1, 0.15) is 0 Å². The molecule has 1 heteroatoms. The van der Waals surface area contributed by atoms with E-state index in [9.17, 15) is 0 Å². The van der Waals surface area contributed by atoms with E-state index in [1.165, 1.54) is 44.2 Å². The van der Waals surface area contributed by atoms with E-state index in [-0.39, 0.29) is 5.41 Å². The zero-order chi connectivity index (χ0) is 15.1. The molecule has 1 aromatic carbocycles. The molecule has 0 amide bonds. The largest absolute Gasteiger partial charge is 0.313 e. The van der Waals surface area contributed by atoms with Gasteiger partial charge in [0.25, 0.3) is 0 Å². The van der Waals surface area contributed by atoms with Crippen LogP contribution in [0, 0.1) is 5.92 Å². The number of nitrogens with one attached hydrogen (secondary N) is 1. The molecule has 0 aromatic heterocycles. The van der Waals surface area contributed by atoms with Gasteiger partial charge in [-0.15, -0.1) is 0 Å². The van der Waals surface area contributed by atoms with E-state index in [1.807, 2.05) is 0 Å². The van der Waals surface area contributed by atoms with Crippen LogP contribution in [0.2, 0.25) is 0 Å². The van der Waals surface area contributed by atoms with Crippen LogP contribution in [0.25, 0.3) is 0 Å². The monoisotopic (exact) mass is 285 g/mol. The molecule has 0 bridgehead atoms. The lowest BCUT2D eigenvalue weighted by Gasteiger charge is -2.49. The maximum absolute atomic E-state index is 3.79. The van der Waals surface area contributed by atoms with Gasteiger partial charge in [-0.25, -0.2) is 0 Å². The molecule has 0 radical (unpaired) electrons. The molecular formula is C20H31N. The predicted molar refractivity (Wildman–Crippen MR) is 90.9 cm³/mol. The molecule has 2 saturated carbocycles. The van der Waals surface area contributed by atoms with Crippen molar-refractivity contribution >= 4 is 0 Å². The molecule has 0 saturated heterocycles. The highest BCUT2D eigenvalue weighted by Crippen LogP contribution is 2.49. The van der Waals surface area contributed by atoms with E-state index in [1.54, 1.807) is 5.56 Å². The second-order valence-corrected chi connectivity index (χ2v) is 8.45. The molecule has 1 N–H and O–H groups in total. The molecule has 2 fully saturated rings. The van der Waals surface area contributed by atoms with Crippen molar-refractivity contribution in [2.24, 2.45) is 5.92 Å². The van der Waals surface area contributed by atoms with Gasteiger partial charge < -0.3 is 5.32 Å². The fourth-order valence-corrected chi connectivity index (χ4v) is 3.77. The summed E-state index contributed by atoms with van der Waals surface area (Å²) < 4.78 is 0. The summed E-state index contributed by atoms with van der Waals surface area (Å²) in [5, 5.41) is 3.79. The Hall–Kier alpha value is -0.820. The first-order valence-corrected chi connectivity index (χ1v) is 8.77. The fourth-order valence-electron chi connectivity index (χ4n) is 3.77. The van der Waals surface area contributed by atoms with Crippen molar-refractivity contribution in [2.45, 2.75) is 76.7 Å². The van der Waals surface area contributed by atoms with Crippen molar-refractivity contribution in [3.63, 3.8) is 0 Å². The Balaban J connectivity index is 1.76. The SMILES string of the molecule is CCC1CC(CNC2CC2)(c2ccc(C(C)(C)C)cc2)C1. The van der Waals surface area contributed by atoms with Crippen LogP contribution in [-0.4, -0.2) is 12.6 Å². The molecule has 0 heterocycles. The molecule has 3 rings (SSSR count). The van der Waals surface area contributed by atoms with Crippen LogP contribution in [0.4, 0.5) is 0 Å². The third-order valence-electron chi connectivity index (χ3n) is 5.61. The summed E-state index contributed by atoms with van der Waals surface area (Å²) in [4.78, 5) is 0. The van der Waals surface area contributed by atoms with Gasteiger partial charge in [0.05, 0.1) is 0 Å². The van der Waals surface area contributed by atoms with Crippen LogP contribution >= 0.6 is 0 Å². The third kappa shape index (κ3) is 3.18. The lowest BCUT2D eigenvalue weighted by molar-refractivity contribution is 0.133. The molecule has 1 aromatic rings. The van der Waals surface area contributed by atoms with Gasteiger partial charge in [-0.2, -0.15) is 0 Å². The number of rotatable bonds is 5. The summed E-state index contributed by atoms with van der Waals surface area (Å²) in [6.07, 6.45) is 6.86. The average Bonchev–Trinajstić information content (AvgIpc) is 3.21. The Labute approximate surface area is 130 Å². The highest BCUT2D eigenvalue weighted by atomic mass is 15.0. The van der Waals surface area contributed by atoms with Crippen LogP contribution in [0.1, 0.15) is 70.9 Å². The van der Waals surface area contributed by atoms with E-state index < -0.39 is 0 Å². The second kappa shape index (κ2) is 5.43. The molecule has 21 heavy (non-hydrogen) atoms. The first kappa shape index (κ1) is 15.1. The molecule has 0 aliphatic heterocycles. The summed E-state index contributed by atoms with van der Waals surface area (Å²) in [5.74, 6) is 0.938. The van der Waals surface area contributed by atoms with Crippen LogP contribution in [0.3, 0.4) is 0 Å². The van der Waals surface area contributed by atoms with E-state index >= 15 is 0 Å². The Morgan fingerprint density at radius 3 is 2.19 bits per heavy atom. The van der Waals surface area contributed by atoms with Crippen LogP contribution in [0.15, 0.2) is 24.3 Å².